The molecule has 0 unspecified atom stereocenters. The van der Waals surface area contributed by atoms with E-state index in [-0.39, 0.29) is 5.91 Å². The van der Waals surface area contributed by atoms with Gasteiger partial charge >= 0.3 is 0 Å². The number of hydrogen-bond acceptors (Lipinski definition) is 3. The van der Waals surface area contributed by atoms with Gasteiger partial charge in [-0.3, -0.25) is 4.79 Å². The molecule has 0 bridgehead atoms. The van der Waals surface area contributed by atoms with Gasteiger partial charge < -0.3 is 10.2 Å². The Labute approximate surface area is 147 Å². The summed E-state index contributed by atoms with van der Waals surface area (Å²) < 4.78 is 0. The van der Waals surface area contributed by atoms with Crippen molar-refractivity contribution in [1.29, 1.82) is 0 Å². The summed E-state index contributed by atoms with van der Waals surface area (Å²) >= 11 is 1.49. The largest absolute Gasteiger partial charge is 0.335 e. The monoisotopic (exact) mass is 344 g/mol. The van der Waals surface area contributed by atoms with Crippen molar-refractivity contribution in [2.75, 3.05) is 25.0 Å². The normalized spacial score (nSPS) is 15.3. The van der Waals surface area contributed by atoms with Crippen LogP contribution in [0.15, 0.2) is 35.7 Å². The molecule has 1 aliphatic heterocycles. The number of likely N-dealkylation sites (tertiary alicyclic amines) is 1. The van der Waals surface area contributed by atoms with E-state index < -0.39 is 0 Å². The van der Waals surface area contributed by atoms with Crippen LogP contribution in [0.25, 0.3) is 11.3 Å². The van der Waals surface area contributed by atoms with Crippen LogP contribution in [0.4, 0.5) is 5.13 Å². The summed E-state index contributed by atoms with van der Waals surface area (Å²) in [7, 11) is 0. The fourth-order valence-electron chi connectivity index (χ4n) is 3.22. The average molecular weight is 345 g/mol. The van der Waals surface area contributed by atoms with E-state index in [1.54, 1.807) is 4.90 Å². The lowest BCUT2D eigenvalue weighted by atomic mass is 10.1. The molecule has 0 atom stereocenters. The van der Waals surface area contributed by atoms with Crippen molar-refractivity contribution in [3.8, 4) is 11.3 Å². The van der Waals surface area contributed by atoms with Gasteiger partial charge in [0.2, 0.25) is 5.91 Å². The minimum absolute atomic E-state index is 0.0811. The molecule has 128 valence electrons. The molecule has 24 heavy (non-hydrogen) atoms. The van der Waals surface area contributed by atoms with Crippen molar-refractivity contribution in [2.24, 2.45) is 0 Å². The fraction of sp³-hybridized carbons (Fsp3) is 0.474. The predicted molar refractivity (Wildman–Crippen MR) is 99.4 cm³/mol. The Bertz CT molecular complexity index is 635. The van der Waals surface area contributed by atoms with E-state index in [4.69, 9.17) is 0 Å². The molecule has 3 rings (SSSR count). The van der Waals surface area contributed by atoms with Gasteiger partial charge in [0.15, 0.2) is 5.13 Å². The summed E-state index contributed by atoms with van der Waals surface area (Å²) in [5.41, 5.74) is 2.00. The second-order valence-corrected chi connectivity index (χ2v) is 7.33. The van der Waals surface area contributed by atoms with E-state index in [0.29, 0.717) is 11.6 Å². The van der Waals surface area contributed by atoms with Gasteiger partial charge in [0.05, 0.1) is 25.3 Å². The van der Waals surface area contributed by atoms with Gasteiger partial charge in [-0.25, -0.2) is 4.98 Å². The van der Waals surface area contributed by atoms with Crippen molar-refractivity contribution >= 4 is 22.4 Å². The van der Waals surface area contributed by atoms with E-state index in [9.17, 15) is 4.79 Å². The highest BCUT2D eigenvalue weighted by atomic mass is 32.1. The lowest BCUT2D eigenvalue weighted by Gasteiger charge is -2.23. The number of thiazole rings is 1. The number of nitrogens with zero attached hydrogens (tertiary/aromatic N) is 1. The van der Waals surface area contributed by atoms with E-state index in [0.717, 1.165) is 24.1 Å². The first kappa shape index (κ1) is 17.1. The van der Waals surface area contributed by atoms with Crippen molar-refractivity contribution in [3.63, 3.8) is 0 Å². The first-order chi connectivity index (χ1) is 11.8. The van der Waals surface area contributed by atoms with E-state index in [1.807, 2.05) is 35.7 Å². The number of hydrogen-bond donors (Lipinski definition) is 2. The quantitative estimate of drug-likeness (QED) is 0.759. The molecule has 2 N–H and O–H groups in total. The Balaban J connectivity index is 1.38. The molecule has 2 aromatic rings. The number of aromatic nitrogens is 1. The number of amides is 1. The summed E-state index contributed by atoms with van der Waals surface area (Å²) in [4.78, 5) is 18.3. The number of carbonyl (C=O) groups excluding carboxylic acids is 1. The Morgan fingerprint density at radius 1 is 1.12 bits per heavy atom. The lowest BCUT2D eigenvalue weighted by molar-refractivity contribution is -0.905. The zero-order chi connectivity index (χ0) is 16.6. The molecule has 2 heterocycles. The highest BCUT2D eigenvalue weighted by Gasteiger charge is 2.13. The standard InChI is InChI=1S/C19H25N3OS/c23-18(11-5-8-14-22-12-6-2-7-13-22)21-19-20-17(15-24-19)16-9-3-1-4-10-16/h1,3-4,9-10,15H,2,5-8,11-14H2,(H,20,21,23)/p+1. The van der Waals surface area contributed by atoms with Gasteiger partial charge in [-0.1, -0.05) is 30.3 Å². The van der Waals surface area contributed by atoms with Gasteiger partial charge in [-0.05, 0) is 32.1 Å². The van der Waals surface area contributed by atoms with Gasteiger partial charge in [0.25, 0.3) is 0 Å². The minimum Gasteiger partial charge on any atom is -0.335 e. The maximum absolute atomic E-state index is 12.1. The average Bonchev–Trinajstić information content (AvgIpc) is 3.09. The number of carbonyl (C=O) groups is 1. The van der Waals surface area contributed by atoms with Gasteiger partial charge in [0.1, 0.15) is 0 Å². The minimum atomic E-state index is 0.0811. The van der Waals surface area contributed by atoms with Gasteiger partial charge in [0, 0.05) is 17.4 Å². The van der Waals surface area contributed by atoms with Crippen LogP contribution >= 0.6 is 11.3 Å². The first-order valence-corrected chi connectivity index (χ1v) is 9.83. The summed E-state index contributed by atoms with van der Waals surface area (Å²) in [5.74, 6) is 0.0811. The Morgan fingerprint density at radius 2 is 1.92 bits per heavy atom. The third-order valence-corrected chi connectivity index (χ3v) is 5.32. The maximum atomic E-state index is 12.1. The second-order valence-electron chi connectivity index (χ2n) is 6.47. The number of rotatable bonds is 7. The molecule has 1 aliphatic rings. The van der Waals surface area contributed by atoms with Crippen molar-refractivity contribution in [3.05, 3.63) is 35.7 Å². The third kappa shape index (κ3) is 5.14. The lowest BCUT2D eigenvalue weighted by Crippen LogP contribution is -3.12. The van der Waals surface area contributed by atoms with Crippen LogP contribution < -0.4 is 10.2 Å². The molecular formula is C19H26N3OS+. The van der Waals surface area contributed by atoms with Gasteiger partial charge in [-0.2, -0.15) is 0 Å². The Morgan fingerprint density at radius 3 is 2.71 bits per heavy atom. The van der Waals surface area contributed by atoms with Crippen LogP contribution in [0.5, 0.6) is 0 Å². The Kier molecular flexibility index (Phi) is 6.38. The predicted octanol–water partition coefficient (Wildman–Crippen LogP) is 2.99. The molecule has 0 radical (unpaired) electrons. The van der Waals surface area contributed by atoms with Crippen LogP contribution in [0, 0.1) is 0 Å². The molecule has 1 saturated heterocycles. The number of piperidine rings is 1. The Hall–Kier alpha value is -1.72. The number of nitrogens with one attached hydrogen (secondary N) is 2. The second kappa shape index (κ2) is 8.94. The third-order valence-electron chi connectivity index (χ3n) is 4.56. The molecule has 1 aromatic carbocycles. The van der Waals surface area contributed by atoms with Crippen LogP contribution in [-0.2, 0) is 4.79 Å². The maximum Gasteiger partial charge on any atom is 0.226 e. The molecule has 0 spiro atoms. The van der Waals surface area contributed by atoms with Crippen LogP contribution in [-0.4, -0.2) is 30.5 Å². The molecule has 0 saturated carbocycles. The number of quaternary nitrogens is 1. The highest BCUT2D eigenvalue weighted by Crippen LogP contribution is 2.24. The van der Waals surface area contributed by atoms with Crippen LogP contribution in [0.1, 0.15) is 38.5 Å². The first-order valence-electron chi connectivity index (χ1n) is 8.95. The fourth-order valence-corrected chi connectivity index (χ4v) is 3.95. The molecule has 1 amide bonds. The molecule has 1 aromatic heterocycles. The van der Waals surface area contributed by atoms with Crippen molar-refractivity contribution in [2.45, 2.75) is 38.5 Å². The van der Waals surface area contributed by atoms with E-state index in [2.05, 4.69) is 10.3 Å². The van der Waals surface area contributed by atoms with Crippen molar-refractivity contribution in [1.82, 2.24) is 4.98 Å². The summed E-state index contributed by atoms with van der Waals surface area (Å²) in [6.45, 7) is 3.84. The zero-order valence-electron chi connectivity index (χ0n) is 14.1. The van der Waals surface area contributed by atoms with E-state index in [1.165, 1.54) is 50.2 Å². The number of benzene rings is 1. The SMILES string of the molecule is O=C(CCCC[NH+]1CCCCC1)Nc1nc(-c2ccccc2)cs1. The summed E-state index contributed by atoms with van der Waals surface area (Å²) in [5, 5.41) is 5.62. The van der Waals surface area contributed by atoms with E-state index >= 15 is 0 Å². The van der Waals surface area contributed by atoms with Crippen LogP contribution in [0.3, 0.4) is 0 Å². The molecule has 4 nitrogen and oxygen atoms in total. The summed E-state index contributed by atoms with van der Waals surface area (Å²) in [6, 6.07) is 10.0. The topological polar surface area (TPSA) is 46.4 Å². The highest BCUT2D eigenvalue weighted by molar-refractivity contribution is 7.14. The number of unbranched alkanes of at least 4 members (excludes halogenated alkanes) is 1. The molecule has 5 heteroatoms. The zero-order valence-corrected chi connectivity index (χ0v) is 14.9. The van der Waals surface area contributed by atoms with Gasteiger partial charge in [-0.15, -0.1) is 11.3 Å². The van der Waals surface area contributed by atoms with Crippen molar-refractivity contribution < 1.29 is 9.69 Å². The number of anilines is 1. The molecule has 0 aliphatic carbocycles. The summed E-state index contributed by atoms with van der Waals surface area (Å²) in [6.07, 6.45) is 6.81. The smallest absolute Gasteiger partial charge is 0.226 e. The molecule has 1 fully saturated rings. The van der Waals surface area contributed by atoms with Crippen LogP contribution in [0.2, 0.25) is 0 Å². The molecular weight excluding hydrogens is 318 g/mol.